The van der Waals surface area contributed by atoms with Crippen molar-refractivity contribution in [1.29, 1.82) is 0 Å². The summed E-state index contributed by atoms with van der Waals surface area (Å²) in [6, 6.07) is 23.1. The molecule has 1 atom stereocenters. The molecule has 3 aromatic carbocycles. The van der Waals surface area contributed by atoms with E-state index in [-0.39, 0.29) is 37.7 Å². The predicted octanol–water partition coefficient (Wildman–Crippen LogP) is 3.76. The van der Waals surface area contributed by atoms with E-state index in [1.54, 1.807) is 42.5 Å². The zero-order valence-electron chi connectivity index (χ0n) is 21.0. The number of halogens is 1. The summed E-state index contributed by atoms with van der Waals surface area (Å²) in [5.41, 5.74) is 2.09. The van der Waals surface area contributed by atoms with Crippen LogP contribution in [-0.2, 0) is 32.6 Å². The molecule has 0 fully saturated rings. The van der Waals surface area contributed by atoms with Crippen molar-refractivity contribution in [1.82, 2.24) is 10.2 Å². The van der Waals surface area contributed by atoms with E-state index in [1.165, 1.54) is 28.4 Å². The number of sulfonamides is 1. The minimum atomic E-state index is -3.55. The van der Waals surface area contributed by atoms with Gasteiger partial charge in [0.2, 0.25) is 21.8 Å². The Morgan fingerprint density at radius 3 is 2.05 bits per heavy atom. The molecule has 9 heteroatoms. The molecule has 0 saturated heterocycles. The van der Waals surface area contributed by atoms with Gasteiger partial charge in [0.15, 0.2) is 0 Å². The molecule has 0 radical (unpaired) electrons. The number of benzene rings is 3. The molecule has 0 aromatic heterocycles. The topological polar surface area (TPSA) is 86.8 Å². The molecule has 0 unspecified atom stereocenters. The lowest BCUT2D eigenvalue weighted by Gasteiger charge is -2.31. The molecular formula is C28H32FN3O4S. The number of carbonyl (C=O) groups excluding carboxylic acids is 2. The smallest absolute Gasteiger partial charge is 0.242 e. The molecule has 1 N–H and O–H groups in total. The van der Waals surface area contributed by atoms with Crippen LogP contribution in [0.5, 0.6) is 0 Å². The summed E-state index contributed by atoms with van der Waals surface area (Å²) in [6.45, 7) is 0.223. The number of anilines is 1. The summed E-state index contributed by atoms with van der Waals surface area (Å²) in [6.07, 6.45) is 1.71. The van der Waals surface area contributed by atoms with Gasteiger partial charge in [-0.1, -0.05) is 60.7 Å². The van der Waals surface area contributed by atoms with Crippen molar-refractivity contribution in [2.24, 2.45) is 0 Å². The van der Waals surface area contributed by atoms with Gasteiger partial charge in [-0.05, 0) is 41.8 Å². The Morgan fingerprint density at radius 1 is 0.892 bits per heavy atom. The van der Waals surface area contributed by atoms with Crippen LogP contribution in [0.4, 0.5) is 10.1 Å². The van der Waals surface area contributed by atoms with Gasteiger partial charge in [-0.3, -0.25) is 13.9 Å². The molecule has 0 aliphatic rings. The first-order chi connectivity index (χ1) is 17.7. The van der Waals surface area contributed by atoms with Gasteiger partial charge in [0.25, 0.3) is 0 Å². The van der Waals surface area contributed by atoms with Crippen LogP contribution in [0, 0.1) is 5.82 Å². The van der Waals surface area contributed by atoms with Crippen molar-refractivity contribution >= 4 is 27.5 Å². The fourth-order valence-electron chi connectivity index (χ4n) is 4.11. The number of hydrogen-bond acceptors (Lipinski definition) is 4. The van der Waals surface area contributed by atoms with Gasteiger partial charge >= 0.3 is 0 Å². The lowest BCUT2D eigenvalue weighted by atomic mass is 10.0. The van der Waals surface area contributed by atoms with E-state index in [0.29, 0.717) is 17.7 Å². The SMILES string of the molecule is CNC(=O)[C@@H](Cc1ccccc1)N(Cc1ccc(F)cc1)C(=O)CCCN(c1ccccc1)S(C)(=O)=O. The van der Waals surface area contributed by atoms with Crippen LogP contribution in [0.3, 0.4) is 0 Å². The zero-order chi connectivity index (χ0) is 26.8. The number of amides is 2. The molecule has 37 heavy (non-hydrogen) atoms. The minimum Gasteiger partial charge on any atom is -0.357 e. The van der Waals surface area contributed by atoms with E-state index in [9.17, 15) is 22.4 Å². The number of para-hydroxylation sites is 1. The molecule has 2 amide bonds. The maximum absolute atomic E-state index is 13.5. The minimum absolute atomic E-state index is 0.0301. The van der Waals surface area contributed by atoms with E-state index in [1.807, 2.05) is 30.3 Å². The average Bonchev–Trinajstić information content (AvgIpc) is 2.89. The van der Waals surface area contributed by atoms with Crippen LogP contribution in [0.1, 0.15) is 24.0 Å². The summed E-state index contributed by atoms with van der Waals surface area (Å²) in [4.78, 5) is 28.0. The quantitative estimate of drug-likeness (QED) is 0.390. The number of likely N-dealkylation sites (N-methyl/N-ethyl adjacent to an activating group) is 1. The third-order valence-electron chi connectivity index (χ3n) is 5.98. The Balaban J connectivity index is 1.83. The molecule has 0 aliphatic carbocycles. The first kappa shape index (κ1) is 27.9. The van der Waals surface area contributed by atoms with E-state index in [0.717, 1.165) is 11.8 Å². The molecule has 0 saturated carbocycles. The van der Waals surface area contributed by atoms with Crippen LogP contribution in [0.25, 0.3) is 0 Å². The van der Waals surface area contributed by atoms with Gasteiger partial charge in [0, 0.05) is 33.0 Å². The second-order valence-corrected chi connectivity index (χ2v) is 10.6. The van der Waals surface area contributed by atoms with Crippen LogP contribution in [0.15, 0.2) is 84.9 Å². The Labute approximate surface area is 218 Å². The first-order valence-electron chi connectivity index (χ1n) is 12.0. The molecule has 3 aromatic rings. The molecule has 7 nitrogen and oxygen atoms in total. The van der Waals surface area contributed by atoms with Gasteiger partial charge in [-0.25, -0.2) is 12.8 Å². The lowest BCUT2D eigenvalue weighted by molar-refractivity contribution is -0.141. The van der Waals surface area contributed by atoms with Crippen LogP contribution in [-0.4, -0.2) is 51.0 Å². The second kappa shape index (κ2) is 13.0. The number of hydrogen-bond donors (Lipinski definition) is 1. The number of nitrogens with zero attached hydrogens (tertiary/aromatic N) is 2. The van der Waals surface area contributed by atoms with Crippen LogP contribution in [0.2, 0.25) is 0 Å². The van der Waals surface area contributed by atoms with E-state index in [4.69, 9.17) is 0 Å². The van der Waals surface area contributed by atoms with Crippen molar-refractivity contribution in [2.75, 3.05) is 24.2 Å². The summed E-state index contributed by atoms with van der Waals surface area (Å²) < 4.78 is 39.6. The number of rotatable bonds is 12. The molecule has 196 valence electrons. The van der Waals surface area contributed by atoms with Gasteiger partial charge < -0.3 is 10.2 Å². The van der Waals surface area contributed by atoms with E-state index >= 15 is 0 Å². The van der Waals surface area contributed by atoms with E-state index in [2.05, 4.69) is 5.32 Å². The Hall–Kier alpha value is -3.72. The molecular weight excluding hydrogens is 493 g/mol. The van der Waals surface area contributed by atoms with Crippen molar-refractivity contribution in [3.8, 4) is 0 Å². The molecule has 0 heterocycles. The summed E-state index contributed by atoms with van der Waals surface area (Å²) >= 11 is 0. The summed E-state index contributed by atoms with van der Waals surface area (Å²) in [7, 11) is -2.04. The third kappa shape index (κ3) is 8.15. The van der Waals surface area contributed by atoms with Crippen molar-refractivity contribution in [3.05, 3.63) is 102 Å². The zero-order valence-corrected chi connectivity index (χ0v) is 21.8. The van der Waals surface area contributed by atoms with Crippen molar-refractivity contribution < 1.29 is 22.4 Å². The predicted molar refractivity (Wildman–Crippen MR) is 143 cm³/mol. The fraction of sp³-hybridized carbons (Fsp3) is 0.286. The number of carbonyl (C=O) groups is 2. The van der Waals surface area contributed by atoms with Crippen molar-refractivity contribution in [3.63, 3.8) is 0 Å². The second-order valence-electron chi connectivity index (χ2n) is 8.74. The maximum atomic E-state index is 13.5. The lowest BCUT2D eigenvalue weighted by Crippen LogP contribution is -2.49. The van der Waals surface area contributed by atoms with Gasteiger partial charge in [-0.2, -0.15) is 0 Å². The highest BCUT2D eigenvalue weighted by atomic mass is 32.2. The molecule has 0 aliphatic heterocycles. The monoisotopic (exact) mass is 525 g/mol. The Kier molecular flexibility index (Phi) is 9.79. The molecule has 0 bridgehead atoms. The maximum Gasteiger partial charge on any atom is 0.242 e. The standard InChI is InChI=1S/C28H32FN3O4S/c1-30-28(34)26(20-22-10-5-3-6-11-22)31(21-23-15-17-24(29)18-16-23)27(33)14-9-19-32(37(2,35)36)25-12-7-4-8-13-25/h3-8,10-13,15-18,26H,9,14,19-21H2,1-2H3,(H,30,34)/t26-/m1/s1. The van der Waals surface area contributed by atoms with Gasteiger partial charge in [0.05, 0.1) is 11.9 Å². The van der Waals surface area contributed by atoms with E-state index < -0.39 is 21.9 Å². The highest BCUT2D eigenvalue weighted by molar-refractivity contribution is 7.92. The van der Waals surface area contributed by atoms with Crippen LogP contribution >= 0.6 is 0 Å². The van der Waals surface area contributed by atoms with Gasteiger partial charge in [0.1, 0.15) is 11.9 Å². The first-order valence-corrected chi connectivity index (χ1v) is 13.9. The number of nitrogens with one attached hydrogen (secondary N) is 1. The van der Waals surface area contributed by atoms with Gasteiger partial charge in [-0.15, -0.1) is 0 Å². The molecule has 3 rings (SSSR count). The molecule has 0 spiro atoms. The summed E-state index contributed by atoms with van der Waals surface area (Å²) in [5, 5.41) is 2.65. The fourth-order valence-corrected chi connectivity index (χ4v) is 5.07. The summed E-state index contributed by atoms with van der Waals surface area (Å²) in [5.74, 6) is -1.01. The Morgan fingerprint density at radius 2 is 1.49 bits per heavy atom. The average molecular weight is 526 g/mol. The third-order valence-corrected chi connectivity index (χ3v) is 7.17. The largest absolute Gasteiger partial charge is 0.357 e. The van der Waals surface area contributed by atoms with Crippen LogP contribution < -0.4 is 9.62 Å². The highest BCUT2D eigenvalue weighted by Gasteiger charge is 2.30. The normalized spacial score (nSPS) is 12.0. The van der Waals surface area contributed by atoms with Crippen molar-refractivity contribution in [2.45, 2.75) is 31.8 Å². The Bertz CT molecular complexity index is 1270. The highest BCUT2D eigenvalue weighted by Crippen LogP contribution is 2.20.